The summed E-state index contributed by atoms with van der Waals surface area (Å²) < 4.78 is 26.7. The van der Waals surface area contributed by atoms with Crippen LogP contribution in [0.2, 0.25) is 0 Å². The predicted octanol–water partition coefficient (Wildman–Crippen LogP) is 0.436. The van der Waals surface area contributed by atoms with Crippen LogP contribution < -0.4 is 10.5 Å². The van der Waals surface area contributed by atoms with Gasteiger partial charge in [-0.3, -0.25) is 10.1 Å². The molecule has 0 unspecified atom stereocenters. The molecule has 0 aliphatic rings. The van der Waals surface area contributed by atoms with Gasteiger partial charge in [-0.2, -0.15) is 4.98 Å². The van der Waals surface area contributed by atoms with E-state index in [1.54, 1.807) is 0 Å². The number of hydrogen-bond acceptors (Lipinski definition) is 7. The van der Waals surface area contributed by atoms with E-state index in [2.05, 4.69) is 10.3 Å². The third-order valence-corrected chi connectivity index (χ3v) is 3.03. The first-order chi connectivity index (χ1) is 8.87. The molecule has 2 aromatic rings. The van der Waals surface area contributed by atoms with Gasteiger partial charge in [-0.25, -0.2) is 13.6 Å². The molecule has 2 rings (SSSR count). The number of nitro benzene ring substituents is 1. The zero-order valence-corrected chi connectivity index (χ0v) is 10.4. The average molecular weight is 286 g/mol. The third-order valence-electron chi connectivity index (χ3n) is 2.26. The number of fused-ring (bicyclic) bond motifs is 1. The van der Waals surface area contributed by atoms with E-state index in [0.717, 1.165) is 0 Å². The molecule has 0 aliphatic heterocycles. The fourth-order valence-corrected chi connectivity index (χ4v) is 1.84. The van der Waals surface area contributed by atoms with Crippen molar-refractivity contribution >= 4 is 32.8 Å². The number of rotatable bonds is 5. The maximum atomic E-state index is 10.8. The van der Waals surface area contributed by atoms with Crippen LogP contribution in [0.3, 0.4) is 0 Å². The highest BCUT2D eigenvalue weighted by atomic mass is 32.2. The van der Waals surface area contributed by atoms with Gasteiger partial charge in [-0.15, -0.1) is 0 Å². The molecule has 3 N–H and O–H groups in total. The second-order valence-electron chi connectivity index (χ2n) is 3.69. The molecule has 0 radical (unpaired) electrons. The van der Waals surface area contributed by atoms with E-state index < -0.39 is 14.9 Å². The largest absolute Gasteiger partial charge is 0.423 e. The van der Waals surface area contributed by atoms with E-state index in [1.165, 1.54) is 18.2 Å². The van der Waals surface area contributed by atoms with Gasteiger partial charge >= 0.3 is 0 Å². The lowest BCUT2D eigenvalue weighted by atomic mass is 10.3. The Morgan fingerprint density at radius 2 is 2.21 bits per heavy atom. The van der Waals surface area contributed by atoms with Crippen molar-refractivity contribution in [2.45, 2.75) is 0 Å². The molecule has 0 spiro atoms. The second-order valence-corrected chi connectivity index (χ2v) is 5.43. The lowest BCUT2D eigenvalue weighted by molar-refractivity contribution is -0.383. The van der Waals surface area contributed by atoms with E-state index in [4.69, 9.17) is 9.56 Å². The number of para-hydroxylation sites is 1. The first-order valence-corrected chi connectivity index (χ1v) is 6.86. The van der Waals surface area contributed by atoms with Gasteiger partial charge in [0.15, 0.2) is 11.1 Å². The van der Waals surface area contributed by atoms with Crippen molar-refractivity contribution in [3.8, 4) is 0 Å². The SMILES string of the molecule is NS(=O)(=O)CCNc1nc2c([N+](=O)[O-])cccc2o1. The van der Waals surface area contributed by atoms with E-state index in [-0.39, 0.29) is 35.1 Å². The zero-order valence-electron chi connectivity index (χ0n) is 9.57. The number of anilines is 1. The van der Waals surface area contributed by atoms with Crippen molar-refractivity contribution in [1.29, 1.82) is 0 Å². The number of primary sulfonamides is 1. The molecule has 0 fully saturated rings. The van der Waals surface area contributed by atoms with Crippen LogP contribution in [0.4, 0.5) is 11.7 Å². The van der Waals surface area contributed by atoms with E-state index >= 15 is 0 Å². The van der Waals surface area contributed by atoms with Crippen LogP contribution in [-0.2, 0) is 10.0 Å². The zero-order chi connectivity index (χ0) is 14.0. The van der Waals surface area contributed by atoms with Crippen molar-refractivity contribution in [3.05, 3.63) is 28.3 Å². The number of aromatic nitrogens is 1. The molecule has 10 heteroatoms. The van der Waals surface area contributed by atoms with Gasteiger partial charge in [0.2, 0.25) is 10.0 Å². The highest BCUT2D eigenvalue weighted by Gasteiger charge is 2.17. The number of sulfonamides is 1. The number of hydrogen-bond donors (Lipinski definition) is 2. The number of nitrogens with two attached hydrogens (primary N) is 1. The van der Waals surface area contributed by atoms with Crippen molar-refractivity contribution < 1.29 is 17.8 Å². The minimum Gasteiger partial charge on any atom is -0.423 e. The minimum atomic E-state index is -3.59. The first kappa shape index (κ1) is 13.2. The van der Waals surface area contributed by atoms with E-state index in [1.807, 2.05) is 0 Å². The maximum Gasteiger partial charge on any atom is 0.298 e. The highest BCUT2D eigenvalue weighted by Crippen LogP contribution is 2.27. The quantitative estimate of drug-likeness (QED) is 0.599. The molecule has 0 aliphatic carbocycles. The van der Waals surface area contributed by atoms with Crippen LogP contribution in [0.15, 0.2) is 22.6 Å². The Balaban J connectivity index is 2.22. The number of nitrogens with zero attached hydrogens (tertiary/aromatic N) is 2. The lowest BCUT2D eigenvalue weighted by Gasteiger charge is -1.98. The summed E-state index contributed by atoms with van der Waals surface area (Å²) in [6, 6.07) is 4.31. The van der Waals surface area contributed by atoms with Gasteiger partial charge in [-0.1, -0.05) is 6.07 Å². The molecular weight excluding hydrogens is 276 g/mol. The molecule has 1 aromatic heterocycles. The summed E-state index contributed by atoms with van der Waals surface area (Å²) >= 11 is 0. The molecule has 0 bridgehead atoms. The first-order valence-electron chi connectivity index (χ1n) is 5.15. The van der Waals surface area contributed by atoms with Crippen LogP contribution in [0.25, 0.3) is 11.1 Å². The number of nitrogens with one attached hydrogen (secondary N) is 1. The Kier molecular flexibility index (Phi) is 3.36. The Labute approximate surface area is 107 Å². The Bertz CT molecular complexity index is 723. The maximum absolute atomic E-state index is 10.8. The molecule has 0 amide bonds. The average Bonchev–Trinajstić information content (AvgIpc) is 2.68. The second kappa shape index (κ2) is 4.82. The van der Waals surface area contributed by atoms with Gasteiger partial charge in [0, 0.05) is 12.6 Å². The standard InChI is InChI=1S/C9H10N4O5S/c10-19(16,17)5-4-11-9-12-8-6(13(14)15)2-1-3-7(8)18-9/h1-3H,4-5H2,(H,11,12)(H2,10,16,17). The van der Waals surface area contributed by atoms with Crippen LogP contribution in [0.5, 0.6) is 0 Å². The number of benzene rings is 1. The van der Waals surface area contributed by atoms with E-state index in [0.29, 0.717) is 0 Å². The van der Waals surface area contributed by atoms with E-state index in [9.17, 15) is 18.5 Å². The summed E-state index contributed by atoms with van der Waals surface area (Å²) in [5.41, 5.74) is 0.165. The molecule has 9 nitrogen and oxygen atoms in total. The molecule has 0 atom stereocenters. The summed E-state index contributed by atoms with van der Waals surface area (Å²) in [5.74, 6) is -0.298. The lowest BCUT2D eigenvalue weighted by Crippen LogP contribution is -2.22. The Morgan fingerprint density at radius 1 is 1.47 bits per heavy atom. The highest BCUT2D eigenvalue weighted by molar-refractivity contribution is 7.89. The summed E-state index contributed by atoms with van der Waals surface area (Å²) in [4.78, 5) is 14.1. The molecule has 1 aromatic carbocycles. The van der Waals surface area contributed by atoms with Crippen LogP contribution in [-0.4, -0.2) is 30.6 Å². The van der Waals surface area contributed by atoms with Gasteiger partial charge in [0.05, 0.1) is 10.7 Å². The Hall–Kier alpha value is -2.20. The molecule has 102 valence electrons. The summed E-state index contributed by atoms with van der Waals surface area (Å²) in [6.45, 7) is -0.000543. The monoisotopic (exact) mass is 286 g/mol. The number of non-ortho nitro benzene ring substituents is 1. The molecule has 0 saturated heterocycles. The number of oxazole rings is 1. The van der Waals surface area contributed by atoms with Crippen LogP contribution in [0.1, 0.15) is 0 Å². The number of nitro groups is 1. The summed E-state index contributed by atoms with van der Waals surface area (Å²) in [6.07, 6.45) is 0. The predicted molar refractivity (Wildman–Crippen MR) is 67.1 cm³/mol. The summed E-state index contributed by atoms with van der Waals surface area (Å²) in [7, 11) is -3.59. The van der Waals surface area contributed by atoms with Gasteiger partial charge in [0.1, 0.15) is 0 Å². The smallest absolute Gasteiger partial charge is 0.298 e. The minimum absolute atomic E-state index is 0.000543. The Morgan fingerprint density at radius 3 is 2.84 bits per heavy atom. The molecule has 19 heavy (non-hydrogen) atoms. The van der Waals surface area contributed by atoms with Gasteiger partial charge in [-0.05, 0) is 6.07 Å². The normalized spacial score (nSPS) is 11.6. The summed E-state index contributed by atoms with van der Waals surface area (Å²) in [5, 5.41) is 18.2. The molecule has 1 heterocycles. The van der Waals surface area contributed by atoms with Crippen LogP contribution in [0, 0.1) is 10.1 Å². The topological polar surface area (TPSA) is 141 Å². The van der Waals surface area contributed by atoms with Gasteiger partial charge in [0.25, 0.3) is 11.7 Å². The van der Waals surface area contributed by atoms with Crippen molar-refractivity contribution in [1.82, 2.24) is 4.98 Å². The molecule has 0 saturated carbocycles. The fourth-order valence-electron chi connectivity index (χ4n) is 1.46. The van der Waals surface area contributed by atoms with Crippen LogP contribution >= 0.6 is 0 Å². The van der Waals surface area contributed by atoms with Crippen molar-refractivity contribution in [3.63, 3.8) is 0 Å². The molecular formula is C9H10N4O5S. The fraction of sp³-hybridized carbons (Fsp3) is 0.222. The third kappa shape index (κ3) is 3.17. The van der Waals surface area contributed by atoms with Crippen molar-refractivity contribution in [2.24, 2.45) is 5.14 Å². The van der Waals surface area contributed by atoms with Crippen molar-refractivity contribution in [2.75, 3.05) is 17.6 Å². The van der Waals surface area contributed by atoms with Gasteiger partial charge < -0.3 is 9.73 Å².